The van der Waals surface area contributed by atoms with Gasteiger partial charge in [-0.05, 0) is 53.0 Å². The molecule has 1 aromatic carbocycles. The average Bonchev–Trinajstić information content (AvgIpc) is 2.74. The van der Waals surface area contributed by atoms with E-state index in [0.717, 1.165) is 25.9 Å². The summed E-state index contributed by atoms with van der Waals surface area (Å²) in [4.78, 5) is 25.4. The van der Waals surface area contributed by atoms with Crippen LogP contribution in [0.2, 0.25) is 0 Å². The van der Waals surface area contributed by atoms with Crippen molar-refractivity contribution >= 4 is 24.2 Å². The van der Waals surface area contributed by atoms with Gasteiger partial charge in [0.2, 0.25) is 11.8 Å². The van der Waals surface area contributed by atoms with Gasteiger partial charge in [0.05, 0.1) is 0 Å². The second kappa shape index (κ2) is 5.16. The van der Waals surface area contributed by atoms with E-state index in [1.807, 2.05) is 0 Å². The van der Waals surface area contributed by atoms with Gasteiger partial charge in [-0.3, -0.25) is 14.9 Å². The van der Waals surface area contributed by atoms with Crippen molar-refractivity contribution in [3.05, 3.63) is 33.7 Å². The molecule has 1 atom stereocenters. The molecule has 3 heterocycles. The van der Waals surface area contributed by atoms with Crippen molar-refractivity contribution < 1.29 is 9.59 Å². The van der Waals surface area contributed by atoms with Gasteiger partial charge < -0.3 is 10.2 Å². The molecule has 2 N–H and O–H groups in total. The molecule has 3 aliphatic rings. The molecule has 5 nitrogen and oxygen atoms in total. The minimum absolute atomic E-state index is 0.162. The molecule has 0 spiro atoms. The summed E-state index contributed by atoms with van der Waals surface area (Å²) in [6.07, 6.45) is 7.41. The van der Waals surface area contributed by atoms with Crippen LogP contribution in [0.3, 0.4) is 0 Å². The molecule has 1 aromatic rings. The number of carbonyl (C=O) groups excluding carboxylic acids is 2. The minimum atomic E-state index is -0.230. The molecule has 0 aliphatic carbocycles. The first kappa shape index (κ1) is 13.4. The zero-order chi connectivity index (χ0) is 15.1. The maximum Gasteiger partial charge on any atom is 0.249 e. The van der Waals surface area contributed by atoms with Crippen LogP contribution in [0.5, 0.6) is 0 Å². The zero-order valence-corrected chi connectivity index (χ0v) is 12.4. The number of amides is 2. The molecule has 1 saturated heterocycles. The van der Waals surface area contributed by atoms with Gasteiger partial charge in [-0.25, -0.2) is 0 Å². The van der Waals surface area contributed by atoms with Crippen LogP contribution in [0.25, 0.3) is 12.4 Å². The lowest BCUT2D eigenvalue weighted by Crippen LogP contribution is -2.49. The van der Waals surface area contributed by atoms with Gasteiger partial charge in [0.15, 0.2) is 0 Å². The van der Waals surface area contributed by atoms with E-state index >= 15 is 0 Å². The summed E-state index contributed by atoms with van der Waals surface area (Å²) in [6, 6.07) is 4.25. The first-order valence-corrected chi connectivity index (χ1v) is 7.87. The number of carbonyl (C=O) groups is 2. The minimum Gasteiger partial charge on any atom is -0.390 e. The number of fused-ring (bicyclic) bond motifs is 2. The van der Waals surface area contributed by atoms with Gasteiger partial charge in [-0.1, -0.05) is 0 Å². The maximum absolute atomic E-state index is 12.0. The smallest absolute Gasteiger partial charge is 0.249 e. The van der Waals surface area contributed by atoms with E-state index in [-0.39, 0.29) is 17.9 Å². The number of piperidine rings is 1. The van der Waals surface area contributed by atoms with Gasteiger partial charge in [-0.2, -0.15) is 0 Å². The van der Waals surface area contributed by atoms with Crippen molar-refractivity contribution in [2.75, 3.05) is 6.54 Å². The van der Waals surface area contributed by atoms with E-state index < -0.39 is 0 Å². The lowest BCUT2D eigenvalue weighted by atomic mass is 10.0. The molecular formula is C17H19N3O2. The molecule has 1 fully saturated rings. The average molecular weight is 297 g/mol. The van der Waals surface area contributed by atoms with Gasteiger partial charge in [0, 0.05) is 31.9 Å². The Kier molecular flexibility index (Phi) is 3.13. The van der Waals surface area contributed by atoms with Crippen LogP contribution in [0, 0.1) is 0 Å². The third-order valence-electron chi connectivity index (χ3n) is 4.69. The van der Waals surface area contributed by atoms with Crippen molar-refractivity contribution in [2.45, 2.75) is 38.3 Å². The number of aryl methyl sites for hydroxylation is 1. The fourth-order valence-electron chi connectivity index (χ4n) is 3.52. The summed E-state index contributed by atoms with van der Waals surface area (Å²) in [5.74, 6) is -0.333. The molecule has 0 radical (unpaired) electrons. The third kappa shape index (κ3) is 2.26. The van der Waals surface area contributed by atoms with Crippen molar-refractivity contribution in [3.8, 4) is 0 Å². The van der Waals surface area contributed by atoms with Crippen LogP contribution in [0.4, 0.5) is 0 Å². The summed E-state index contributed by atoms with van der Waals surface area (Å²) >= 11 is 0. The second-order valence-electron chi connectivity index (χ2n) is 6.22. The van der Waals surface area contributed by atoms with Gasteiger partial charge in [0.25, 0.3) is 0 Å². The molecule has 1 unspecified atom stereocenters. The molecule has 0 aromatic heterocycles. The fraction of sp³-hybridized carbons (Fsp3) is 0.412. The number of nitrogens with one attached hydrogen (secondary N) is 2. The Hall–Kier alpha value is -2.30. The predicted octanol–water partition coefficient (Wildman–Crippen LogP) is -0.681. The van der Waals surface area contributed by atoms with E-state index in [9.17, 15) is 9.59 Å². The Bertz CT molecular complexity index is 769. The fourth-order valence-corrected chi connectivity index (χ4v) is 3.52. The van der Waals surface area contributed by atoms with Crippen molar-refractivity contribution in [3.63, 3.8) is 0 Å². The van der Waals surface area contributed by atoms with Crippen LogP contribution in [0.1, 0.15) is 30.4 Å². The van der Waals surface area contributed by atoms with Gasteiger partial charge in [-0.15, -0.1) is 0 Å². The largest absolute Gasteiger partial charge is 0.390 e. The number of hydrogen-bond donors (Lipinski definition) is 2. The lowest BCUT2D eigenvalue weighted by molar-refractivity contribution is -0.136. The summed E-state index contributed by atoms with van der Waals surface area (Å²) in [7, 11) is 0. The Balaban J connectivity index is 1.65. The Morgan fingerprint density at radius 2 is 1.95 bits per heavy atom. The van der Waals surface area contributed by atoms with E-state index in [2.05, 4.69) is 40.1 Å². The first-order valence-electron chi connectivity index (χ1n) is 7.87. The van der Waals surface area contributed by atoms with Crippen molar-refractivity contribution in [2.24, 2.45) is 0 Å². The number of nitrogens with zero attached hydrogens (tertiary/aromatic N) is 1. The van der Waals surface area contributed by atoms with Gasteiger partial charge in [0.1, 0.15) is 6.04 Å². The molecule has 114 valence electrons. The SMILES string of the molecule is O=C1CCC(N2C=c3cc4c(cc3C2)=CNCCC4)C(=O)N1. The molecule has 2 amide bonds. The second-order valence-corrected chi connectivity index (χ2v) is 6.22. The first-order chi connectivity index (χ1) is 10.7. The number of rotatable bonds is 1. The standard InChI is InChI=1S/C17H19N3O2/c21-16-4-3-15(17(22)19-16)20-9-13-6-11-2-1-5-18-8-12(11)7-14(13)10-20/h6-9,15,18H,1-5,10H2,(H,19,21,22). The summed E-state index contributed by atoms with van der Waals surface area (Å²) < 4.78 is 0. The highest BCUT2D eigenvalue weighted by atomic mass is 16.2. The summed E-state index contributed by atoms with van der Waals surface area (Å²) in [5, 5.41) is 8.24. The Morgan fingerprint density at radius 3 is 2.82 bits per heavy atom. The zero-order valence-electron chi connectivity index (χ0n) is 12.4. The molecular weight excluding hydrogens is 278 g/mol. The van der Waals surface area contributed by atoms with Crippen LogP contribution < -0.4 is 21.1 Å². The highest BCUT2D eigenvalue weighted by Crippen LogP contribution is 2.18. The Morgan fingerprint density at radius 1 is 1.09 bits per heavy atom. The maximum atomic E-state index is 12.0. The molecule has 5 heteroatoms. The topological polar surface area (TPSA) is 61.4 Å². The van der Waals surface area contributed by atoms with Crippen LogP contribution in [0.15, 0.2) is 12.1 Å². The lowest BCUT2D eigenvalue weighted by Gasteiger charge is -2.29. The van der Waals surface area contributed by atoms with E-state index in [1.54, 1.807) is 0 Å². The molecule has 3 aliphatic heterocycles. The normalized spacial score (nSPS) is 23.5. The summed E-state index contributed by atoms with van der Waals surface area (Å²) in [6.45, 7) is 1.76. The van der Waals surface area contributed by atoms with Crippen LogP contribution in [-0.2, 0) is 22.6 Å². The van der Waals surface area contributed by atoms with Gasteiger partial charge >= 0.3 is 0 Å². The number of benzene rings is 1. The quantitative estimate of drug-likeness (QED) is 0.674. The molecule has 0 saturated carbocycles. The summed E-state index contributed by atoms with van der Waals surface area (Å²) in [5.41, 5.74) is 2.62. The molecule has 0 bridgehead atoms. The predicted molar refractivity (Wildman–Crippen MR) is 82.7 cm³/mol. The third-order valence-corrected chi connectivity index (χ3v) is 4.69. The highest BCUT2D eigenvalue weighted by molar-refractivity contribution is 6.00. The molecule has 4 rings (SSSR count). The highest BCUT2D eigenvalue weighted by Gasteiger charge is 2.32. The molecule has 22 heavy (non-hydrogen) atoms. The number of imide groups is 1. The Labute approximate surface area is 128 Å². The van der Waals surface area contributed by atoms with E-state index in [1.165, 1.54) is 21.6 Å². The van der Waals surface area contributed by atoms with E-state index in [0.29, 0.717) is 12.8 Å². The van der Waals surface area contributed by atoms with Crippen LogP contribution >= 0.6 is 0 Å². The van der Waals surface area contributed by atoms with E-state index in [4.69, 9.17) is 0 Å². The monoisotopic (exact) mass is 297 g/mol. The van der Waals surface area contributed by atoms with Crippen molar-refractivity contribution in [1.82, 2.24) is 15.5 Å². The van der Waals surface area contributed by atoms with Crippen LogP contribution in [-0.4, -0.2) is 29.3 Å². The van der Waals surface area contributed by atoms with Crippen molar-refractivity contribution in [1.29, 1.82) is 0 Å². The number of hydrogen-bond acceptors (Lipinski definition) is 4.